The fourth-order valence-electron chi connectivity index (χ4n) is 3.25. The number of aromatic nitrogens is 2. The lowest BCUT2D eigenvalue weighted by atomic mass is 9.98. The van der Waals surface area contributed by atoms with Crippen LogP contribution in [0.4, 0.5) is 23.7 Å². The number of halogens is 3. The number of urea groups is 1. The number of hydrogen-bond acceptors (Lipinski definition) is 4. The number of likely N-dealkylation sites (tertiary alicyclic amines) is 1. The van der Waals surface area contributed by atoms with E-state index in [9.17, 15) is 22.8 Å². The molecule has 1 atom stereocenters. The summed E-state index contributed by atoms with van der Waals surface area (Å²) >= 11 is 0. The first-order chi connectivity index (χ1) is 13.8. The van der Waals surface area contributed by atoms with E-state index in [1.54, 1.807) is 13.0 Å². The minimum atomic E-state index is -4.67. The van der Waals surface area contributed by atoms with E-state index in [0.29, 0.717) is 19.4 Å². The molecule has 156 valence electrons. The second kappa shape index (κ2) is 8.54. The number of piperidine rings is 1. The molecule has 1 aliphatic heterocycles. The molecular weight excluding hydrogens is 389 g/mol. The van der Waals surface area contributed by atoms with Crippen LogP contribution in [0.3, 0.4) is 0 Å². The number of amides is 2. The van der Waals surface area contributed by atoms with Crippen molar-refractivity contribution in [3.8, 4) is 5.69 Å². The molecular formula is C19H21F3N4O3. The Balaban J connectivity index is 1.78. The Morgan fingerprint density at radius 3 is 2.79 bits per heavy atom. The van der Waals surface area contributed by atoms with Crippen molar-refractivity contribution in [2.75, 3.05) is 25.0 Å². The Labute approximate surface area is 165 Å². The summed E-state index contributed by atoms with van der Waals surface area (Å²) in [6.45, 7) is 2.39. The van der Waals surface area contributed by atoms with Gasteiger partial charge >= 0.3 is 18.2 Å². The fourth-order valence-corrected chi connectivity index (χ4v) is 3.25. The van der Waals surface area contributed by atoms with Gasteiger partial charge in [-0.3, -0.25) is 4.79 Å². The standard InChI is InChI=1S/C19H21F3N4O3/c1-2-29-17(27)13-5-3-9-25(12-13)18(28)24-16-7-6-14(26-10-4-8-23-26)11-15(16)19(20,21)22/h4,6-8,10-11,13H,2-3,5,9,12H2,1H3,(H,24,28)/t13-/m0/s1. The predicted molar refractivity (Wildman–Crippen MR) is 98.5 cm³/mol. The molecule has 0 bridgehead atoms. The Morgan fingerprint density at radius 2 is 2.14 bits per heavy atom. The molecule has 1 saturated heterocycles. The smallest absolute Gasteiger partial charge is 0.418 e. The van der Waals surface area contributed by atoms with Crippen LogP contribution in [0.15, 0.2) is 36.7 Å². The zero-order valence-electron chi connectivity index (χ0n) is 15.8. The van der Waals surface area contributed by atoms with Gasteiger partial charge in [-0.2, -0.15) is 18.3 Å². The van der Waals surface area contributed by atoms with Crippen molar-refractivity contribution in [1.29, 1.82) is 0 Å². The summed E-state index contributed by atoms with van der Waals surface area (Å²) in [5.74, 6) is -0.872. The highest BCUT2D eigenvalue weighted by Gasteiger charge is 2.35. The van der Waals surface area contributed by atoms with Crippen molar-refractivity contribution in [2.45, 2.75) is 25.9 Å². The molecule has 2 heterocycles. The average Bonchev–Trinajstić information content (AvgIpc) is 3.22. The van der Waals surface area contributed by atoms with Crippen LogP contribution in [0.1, 0.15) is 25.3 Å². The van der Waals surface area contributed by atoms with Gasteiger partial charge in [0, 0.05) is 25.5 Å². The molecule has 0 aliphatic carbocycles. The summed E-state index contributed by atoms with van der Waals surface area (Å²) in [6, 6.07) is 4.48. The number of hydrogen-bond donors (Lipinski definition) is 1. The number of carbonyl (C=O) groups is 2. The maximum absolute atomic E-state index is 13.6. The largest absolute Gasteiger partial charge is 0.466 e. The molecule has 2 aromatic rings. The van der Waals surface area contributed by atoms with Crippen LogP contribution in [0.5, 0.6) is 0 Å². The van der Waals surface area contributed by atoms with E-state index < -0.39 is 29.7 Å². The van der Waals surface area contributed by atoms with Crippen molar-refractivity contribution < 1.29 is 27.5 Å². The van der Waals surface area contributed by atoms with Gasteiger partial charge in [0.25, 0.3) is 0 Å². The van der Waals surface area contributed by atoms with E-state index in [4.69, 9.17) is 4.74 Å². The van der Waals surface area contributed by atoms with Crippen molar-refractivity contribution in [3.63, 3.8) is 0 Å². The van der Waals surface area contributed by atoms with Crippen molar-refractivity contribution in [3.05, 3.63) is 42.2 Å². The number of carbonyl (C=O) groups excluding carboxylic acids is 2. The third-order valence-electron chi connectivity index (χ3n) is 4.65. The first-order valence-corrected chi connectivity index (χ1v) is 9.23. The van der Waals surface area contributed by atoms with Gasteiger partial charge in [-0.25, -0.2) is 9.48 Å². The van der Waals surface area contributed by atoms with Gasteiger partial charge in [0.1, 0.15) is 0 Å². The van der Waals surface area contributed by atoms with Gasteiger partial charge in [0.15, 0.2) is 0 Å². The van der Waals surface area contributed by atoms with Crippen LogP contribution in [0, 0.1) is 5.92 Å². The van der Waals surface area contributed by atoms with E-state index in [0.717, 1.165) is 6.07 Å². The molecule has 2 amide bonds. The lowest BCUT2D eigenvalue weighted by molar-refractivity contribution is -0.149. The molecule has 1 aliphatic rings. The third kappa shape index (κ3) is 4.87. The Bertz CT molecular complexity index is 868. The second-order valence-corrected chi connectivity index (χ2v) is 6.65. The summed E-state index contributed by atoms with van der Waals surface area (Å²) in [4.78, 5) is 25.8. The van der Waals surface area contributed by atoms with Crippen LogP contribution < -0.4 is 5.32 Å². The molecule has 0 spiro atoms. The lowest BCUT2D eigenvalue weighted by Gasteiger charge is -2.31. The van der Waals surface area contributed by atoms with Gasteiger partial charge in [0.05, 0.1) is 29.5 Å². The number of alkyl halides is 3. The molecule has 0 unspecified atom stereocenters. The first-order valence-electron chi connectivity index (χ1n) is 9.23. The van der Waals surface area contributed by atoms with E-state index >= 15 is 0 Å². The van der Waals surface area contributed by atoms with Crippen LogP contribution >= 0.6 is 0 Å². The van der Waals surface area contributed by atoms with Crippen LogP contribution in [0.25, 0.3) is 5.69 Å². The van der Waals surface area contributed by atoms with Gasteiger partial charge in [0.2, 0.25) is 0 Å². The monoisotopic (exact) mass is 410 g/mol. The van der Waals surface area contributed by atoms with Crippen molar-refractivity contribution in [1.82, 2.24) is 14.7 Å². The third-order valence-corrected chi connectivity index (χ3v) is 4.65. The highest BCUT2D eigenvalue weighted by molar-refractivity contribution is 5.91. The zero-order chi connectivity index (χ0) is 21.0. The van der Waals surface area contributed by atoms with Crippen molar-refractivity contribution >= 4 is 17.7 Å². The number of ether oxygens (including phenoxy) is 1. The molecule has 10 heteroatoms. The topological polar surface area (TPSA) is 76.5 Å². The van der Waals surface area contributed by atoms with Crippen LogP contribution in [-0.4, -0.2) is 46.4 Å². The average molecular weight is 410 g/mol. The van der Waals surface area contributed by atoms with E-state index in [1.807, 2.05) is 0 Å². The predicted octanol–water partition coefficient (Wildman–Crippen LogP) is 3.70. The van der Waals surface area contributed by atoms with Crippen LogP contribution in [-0.2, 0) is 15.7 Å². The van der Waals surface area contributed by atoms with E-state index in [-0.39, 0.29) is 24.5 Å². The maximum atomic E-state index is 13.6. The van der Waals surface area contributed by atoms with Gasteiger partial charge < -0.3 is 15.0 Å². The van der Waals surface area contributed by atoms with Gasteiger partial charge in [-0.15, -0.1) is 0 Å². The second-order valence-electron chi connectivity index (χ2n) is 6.65. The number of rotatable bonds is 4. The molecule has 1 fully saturated rings. The first kappa shape index (κ1) is 20.7. The molecule has 1 aromatic heterocycles. The lowest BCUT2D eigenvalue weighted by Crippen LogP contribution is -2.44. The number of nitrogens with one attached hydrogen (secondary N) is 1. The highest BCUT2D eigenvalue weighted by atomic mass is 19.4. The Kier molecular flexibility index (Phi) is 6.09. The fraction of sp³-hybridized carbons (Fsp3) is 0.421. The molecule has 3 rings (SSSR count). The quantitative estimate of drug-likeness (QED) is 0.780. The SMILES string of the molecule is CCOC(=O)[C@H]1CCCN(C(=O)Nc2ccc(-n3cccn3)cc2C(F)(F)F)C1. The summed E-state index contributed by atoms with van der Waals surface area (Å²) in [6.07, 6.45) is -0.534. The molecule has 0 saturated carbocycles. The normalized spacial score (nSPS) is 17.1. The van der Waals surface area contributed by atoms with Gasteiger partial charge in [-0.1, -0.05) is 0 Å². The number of benzene rings is 1. The summed E-state index contributed by atoms with van der Waals surface area (Å²) in [5, 5.41) is 6.26. The highest BCUT2D eigenvalue weighted by Crippen LogP contribution is 2.36. The maximum Gasteiger partial charge on any atom is 0.418 e. The minimum Gasteiger partial charge on any atom is -0.466 e. The Hall–Kier alpha value is -3.04. The molecule has 1 N–H and O–H groups in total. The number of esters is 1. The van der Waals surface area contributed by atoms with Gasteiger partial charge in [-0.05, 0) is 44.0 Å². The zero-order valence-corrected chi connectivity index (χ0v) is 15.8. The summed E-state index contributed by atoms with van der Waals surface area (Å²) in [5.41, 5.74) is -1.10. The summed E-state index contributed by atoms with van der Waals surface area (Å²) < 4.78 is 47.0. The number of nitrogens with zero attached hydrogens (tertiary/aromatic N) is 3. The molecule has 29 heavy (non-hydrogen) atoms. The number of anilines is 1. The summed E-state index contributed by atoms with van der Waals surface area (Å²) in [7, 11) is 0. The minimum absolute atomic E-state index is 0.109. The Morgan fingerprint density at radius 1 is 1.34 bits per heavy atom. The van der Waals surface area contributed by atoms with Crippen LogP contribution in [0.2, 0.25) is 0 Å². The van der Waals surface area contributed by atoms with Crippen molar-refractivity contribution in [2.24, 2.45) is 5.92 Å². The molecule has 0 radical (unpaired) electrons. The van der Waals surface area contributed by atoms with E-state index in [1.165, 1.54) is 34.1 Å². The van der Waals surface area contributed by atoms with E-state index in [2.05, 4.69) is 10.4 Å². The molecule has 1 aromatic carbocycles. The molecule has 7 nitrogen and oxygen atoms in total.